The molecule has 3 amide bonds. The predicted octanol–water partition coefficient (Wildman–Crippen LogP) is 3.42. The average Bonchev–Trinajstić information content (AvgIpc) is 3.44. The molecular weight excluding hydrogens is 497 g/mol. The van der Waals surface area contributed by atoms with Gasteiger partial charge in [-0.1, -0.05) is 24.3 Å². The van der Waals surface area contributed by atoms with Gasteiger partial charge in [0.15, 0.2) is 0 Å². The number of carbonyl (C=O) groups is 4. The summed E-state index contributed by atoms with van der Waals surface area (Å²) in [5.74, 6) is -1.51. The van der Waals surface area contributed by atoms with Crippen LogP contribution < -0.4 is 5.32 Å². The number of allylic oxidation sites excluding steroid dienone is 1. The first-order valence-electron chi connectivity index (χ1n) is 12.7. The number of rotatable bonds is 3. The molecule has 0 spiro atoms. The Labute approximate surface area is 221 Å². The number of amides is 3. The zero-order chi connectivity index (χ0) is 27.6. The molecule has 206 valence electrons. The molecule has 0 saturated carbocycles. The first-order valence-corrected chi connectivity index (χ1v) is 12.7. The number of methoxy groups -OCH3 is 1. The molecule has 1 aromatic carbocycles. The number of nitrogens with one attached hydrogen (secondary N) is 1. The van der Waals surface area contributed by atoms with E-state index in [0.29, 0.717) is 24.0 Å². The smallest absolute Gasteiger partial charge is 0.410 e. The van der Waals surface area contributed by atoms with Crippen LogP contribution in [0, 0.1) is 5.82 Å². The van der Waals surface area contributed by atoms with Gasteiger partial charge < -0.3 is 24.4 Å². The van der Waals surface area contributed by atoms with E-state index >= 15 is 0 Å². The van der Waals surface area contributed by atoms with Gasteiger partial charge in [-0.2, -0.15) is 0 Å². The Bertz CT molecular complexity index is 1130. The second-order valence-electron chi connectivity index (χ2n) is 10.7. The number of nitrogens with zero attached hydrogens (tertiary/aromatic N) is 2. The van der Waals surface area contributed by atoms with Crippen molar-refractivity contribution in [3.63, 3.8) is 0 Å². The molecule has 3 aliphatic rings. The quantitative estimate of drug-likeness (QED) is 0.361. The largest absolute Gasteiger partial charge is 0.467 e. The molecule has 0 aromatic heterocycles. The lowest BCUT2D eigenvalue weighted by atomic mass is 10.1. The van der Waals surface area contributed by atoms with Crippen molar-refractivity contribution in [1.82, 2.24) is 15.1 Å². The minimum Gasteiger partial charge on any atom is -0.467 e. The molecule has 3 aliphatic heterocycles. The molecule has 1 aromatic rings. The summed E-state index contributed by atoms with van der Waals surface area (Å²) in [6, 6.07) is 2.10. The van der Waals surface area contributed by atoms with Gasteiger partial charge in [0.25, 0.3) is 0 Å². The van der Waals surface area contributed by atoms with E-state index in [1.807, 2.05) is 6.08 Å². The Morgan fingerprint density at radius 3 is 2.58 bits per heavy atom. The summed E-state index contributed by atoms with van der Waals surface area (Å²) in [6.45, 7) is 5.43. The Kier molecular flexibility index (Phi) is 7.94. The fourth-order valence-electron chi connectivity index (χ4n) is 5.20. The fourth-order valence-corrected chi connectivity index (χ4v) is 5.20. The van der Waals surface area contributed by atoms with E-state index in [-0.39, 0.29) is 31.7 Å². The highest BCUT2D eigenvalue weighted by Gasteiger charge is 2.51. The molecule has 38 heavy (non-hydrogen) atoms. The van der Waals surface area contributed by atoms with Crippen molar-refractivity contribution < 1.29 is 37.8 Å². The average molecular weight is 532 g/mol. The molecule has 4 rings (SSSR count). The zero-order valence-electron chi connectivity index (χ0n) is 22.1. The summed E-state index contributed by atoms with van der Waals surface area (Å²) in [5.41, 5.74) is 0.397. The summed E-state index contributed by atoms with van der Waals surface area (Å²) in [7, 11) is 1.23. The van der Waals surface area contributed by atoms with E-state index in [9.17, 15) is 23.6 Å². The number of benzene rings is 1. The van der Waals surface area contributed by atoms with Crippen LogP contribution in [0.5, 0.6) is 0 Å². The maximum Gasteiger partial charge on any atom is 0.410 e. The lowest BCUT2D eigenvalue weighted by Crippen LogP contribution is -2.55. The van der Waals surface area contributed by atoms with Crippen LogP contribution in [0.3, 0.4) is 0 Å². The first-order chi connectivity index (χ1) is 18.0. The topological polar surface area (TPSA) is 114 Å². The van der Waals surface area contributed by atoms with Gasteiger partial charge in [-0.05, 0) is 51.7 Å². The molecule has 4 atom stereocenters. The van der Waals surface area contributed by atoms with Crippen LogP contribution in [0.1, 0.15) is 57.6 Å². The second-order valence-corrected chi connectivity index (χ2v) is 10.7. The van der Waals surface area contributed by atoms with E-state index in [2.05, 4.69) is 5.32 Å². The van der Waals surface area contributed by atoms with Crippen LogP contribution in [-0.4, -0.2) is 70.8 Å². The third-order valence-electron chi connectivity index (χ3n) is 6.90. The lowest BCUT2D eigenvalue weighted by Gasteiger charge is -2.33. The van der Waals surface area contributed by atoms with Crippen molar-refractivity contribution in [2.45, 2.75) is 89.4 Å². The van der Waals surface area contributed by atoms with Crippen molar-refractivity contribution >= 4 is 24.1 Å². The minimum atomic E-state index is -0.996. The van der Waals surface area contributed by atoms with Crippen LogP contribution in [0.4, 0.5) is 14.0 Å². The Hall–Kier alpha value is -3.63. The van der Waals surface area contributed by atoms with Crippen molar-refractivity contribution in [2.24, 2.45) is 0 Å². The highest BCUT2D eigenvalue weighted by molar-refractivity contribution is 5.91. The molecule has 3 heterocycles. The van der Waals surface area contributed by atoms with Crippen molar-refractivity contribution in [3.8, 4) is 0 Å². The van der Waals surface area contributed by atoms with Gasteiger partial charge in [0.2, 0.25) is 5.91 Å². The SMILES string of the molecule is COC(=O)[C@@H]1C[C@@H](OC(=O)N2Cc3cccc(F)c3C2)[C@@H]2CC/C=C\C[C@H](NC(=O)OC(C)(C)C)C(=O)N12. The van der Waals surface area contributed by atoms with Crippen LogP contribution in [0.2, 0.25) is 0 Å². The van der Waals surface area contributed by atoms with Gasteiger partial charge in [-0.15, -0.1) is 0 Å². The molecular formula is C27H34FN3O7. The highest BCUT2D eigenvalue weighted by Crippen LogP contribution is 2.34. The molecule has 11 heteroatoms. The number of carbonyl (C=O) groups excluding carboxylic acids is 4. The van der Waals surface area contributed by atoms with E-state index in [4.69, 9.17) is 14.2 Å². The monoisotopic (exact) mass is 531 g/mol. The molecule has 0 radical (unpaired) electrons. The van der Waals surface area contributed by atoms with Crippen LogP contribution in [0.25, 0.3) is 0 Å². The van der Waals surface area contributed by atoms with E-state index < -0.39 is 53.9 Å². The summed E-state index contributed by atoms with van der Waals surface area (Å²) in [5, 5.41) is 2.62. The van der Waals surface area contributed by atoms with Gasteiger partial charge in [-0.25, -0.2) is 18.8 Å². The molecule has 1 saturated heterocycles. The van der Waals surface area contributed by atoms with E-state index in [1.165, 1.54) is 23.0 Å². The van der Waals surface area contributed by atoms with E-state index in [1.54, 1.807) is 39.0 Å². The van der Waals surface area contributed by atoms with Gasteiger partial charge >= 0.3 is 18.2 Å². The highest BCUT2D eigenvalue weighted by atomic mass is 19.1. The van der Waals surface area contributed by atoms with Gasteiger partial charge in [-0.3, -0.25) is 9.69 Å². The number of halogens is 1. The summed E-state index contributed by atoms with van der Waals surface area (Å²) in [4.78, 5) is 54.9. The number of fused-ring (bicyclic) bond motifs is 2. The summed E-state index contributed by atoms with van der Waals surface area (Å²) >= 11 is 0. The maximum atomic E-state index is 14.2. The molecule has 0 aliphatic carbocycles. The summed E-state index contributed by atoms with van der Waals surface area (Å²) in [6.07, 6.45) is 2.75. The number of hydrogen-bond donors (Lipinski definition) is 1. The van der Waals surface area contributed by atoms with Crippen LogP contribution in [0.15, 0.2) is 30.4 Å². The van der Waals surface area contributed by atoms with Crippen molar-refractivity contribution in [3.05, 3.63) is 47.3 Å². The predicted molar refractivity (Wildman–Crippen MR) is 133 cm³/mol. The van der Waals surface area contributed by atoms with E-state index in [0.717, 1.165) is 0 Å². The standard InChI is InChI=1S/C27H34FN3O7/c1-27(2,3)38-25(34)29-19-11-6-5-7-12-20-22(13-21(24(33)36-4)31(20)23(19)32)37-26(35)30-14-16-9-8-10-18(28)17(16)15-30/h5-6,8-10,19-22H,7,11-15H2,1-4H3,(H,29,34)/b6-5-/t19-,20-,21-,22+/m0/s1. The number of alkyl carbamates (subject to hydrolysis) is 1. The van der Waals surface area contributed by atoms with Crippen LogP contribution in [-0.2, 0) is 36.9 Å². The van der Waals surface area contributed by atoms with Gasteiger partial charge in [0.1, 0.15) is 29.6 Å². The molecule has 0 unspecified atom stereocenters. The fraction of sp³-hybridized carbons (Fsp3) is 0.556. The zero-order valence-corrected chi connectivity index (χ0v) is 22.1. The second kappa shape index (κ2) is 11.0. The first kappa shape index (κ1) is 27.4. The number of ether oxygens (including phenoxy) is 3. The molecule has 1 N–H and O–H groups in total. The third kappa shape index (κ3) is 5.92. The molecule has 1 fully saturated rings. The van der Waals surface area contributed by atoms with Crippen molar-refractivity contribution in [2.75, 3.05) is 7.11 Å². The Morgan fingerprint density at radius 2 is 1.89 bits per heavy atom. The van der Waals surface area contributed by atoms with Crippen molar-refractivity contribution in [1.29, 1.82) is 0 Å². The normalized spacial score (nSPS) is 25.9. The van der Waals surface area contributed by atoms with Crippen LogP contribution >= 0.6 is 0 Å². The molecule has 0 bridgehead atoms. The molecule has 10 nitrogen and oxygen atoms in total. The number of hydrogen-bond acceptors (Lipinski definition) is 7. The maximum absolute atomic E-state index is 14.2. The van der Waals surface area contributed by atoms with Gasteiger partial charge in [0, 0.05) is 18.5 Å². The summed E-state index contributed by atoms with van der Waals surface area (Å²) < 4.78 is 30.4. The Morgan fingerprint density at radius 1 is 1.13 bits per heavy atom. The minimum absolute atomic E-state index is 0.0485. The Balaban J connectivity index is 1.54. The third-order valence-corrected chi connectivity index (χ3v) is 6.90. The van der Waals surface area contributed by atoms with Gasteiger partial charge in [0.05, 0.1) is 19.7 Å². The lowest BCUT2D eigenvalue weighted by molar-refractivity contribution is -0.153. The number of esters is 1.